The molecule has 0 bridgehead atoms. The average Bonchev–Trinajstić information content (AvgIpc) is 3.09. The Morgan fingerprint density at radius 2 is 1.58 bits per heavy atom. The highest BCUT2D eigenvalue weighted by Gasteiger charge is 2.21. The molecule has 3 heterocycles. The van der Waals surface area contributed by atoms with Crippen molar-refractivity contribution in [3.8, 4) is 0 Å². The molecule has 2 aromatic carbocycles. The normalized spacial score (nSPS) is 16.8. The Hall–Kier alpha value is -2.25. The van der Waals surface area contributed by atoms with Gasteiger partial charge in [-0.1, -0.05) is 40.2 Å². The first-order chi connectivity index (χ1) is 15.2. The third-order valence-electron chi connectivity index (χ3n) is 6.17. The lowest BCUT2D eigenvalue weighted by atomic mass is 10.2. The molecule has 1 fully saturated rings. The van der Waals surface area contributed by atoms with Gasteiger partial charge in [0, 0.05) is 71.7 Å². The highest BCUT2D eigenvalue weighted by molar-refractivity contribution is 9.10. The van der Waals surface area contributed by atoms with E-state index in [1.807, 2.05) is 18.3 Å². The number of halogens is 1. The van der Waals surface area contributed by atoms with Crippen LogP contribution in [0.3, 0.4) is 0 Å². The lowest BCUT2D eigenvalue weighted by Crippen LogP contribution is -2.48. The van der Waals surface area contributed by atoms with Crippen molar-refractivity contribution in [2.24, 2.45) is 0 Å². The van der Waals surface area contributed by atoms with Crippen LogP contribution < -0.4 is 0 Å². The molecule has 0 radical (unpaired) electrons. The van der Waals surface area contributed by atoms with Crippen molar-refractivity contribution >= 4 is 37.7 Å². The quantitative estimate of drug-likeness (QED) is 0.452. The molecule has 1 unspecified atom stereocenters. The summed E-state index contributed by atoms with van der Waals surface area (Å²) in [4.78, 5) is 9.26. The fourth-order valence-corrected chi connectivity index (χ4v) is 5.00. The first kappa shape index (κ1) is 20.6. The van der Waals surface area contributed by atoms with Gasteiger partial charge in [-0.15, -0.1) is 0 Å². The van der Waals surface area contributed by atoms with Gasteiger partial charge in [0.25, 0.3) is 0 Å². The number of fused-ring (bicyclic) bond motifs is 3. The van der Waals surface area contributed by atoms with E-state index in [9.17, 15) is 5.11 Å². The summed E-state index contributed by atoms with van der Waals surface area (Å²) in [5.74, 6) is 0. The van der Waals surface area contributed by atoms with Gasteiger partial charge in [0.15, 0.2) is 0 Å². The van der Waals surface area contributed by atoms with Crippen LogP contribution in [0.1, 0.15) is 5.69 Å². The summed E-state index contributed by atoms with van der Waals surface area (Å²) in [5, 5.41) is 13.4. The van der Waals surface area contributed by atoms with E-state index in [0.717, 1.165) is 42.9 Å². The highest BCUT2D eigenvalue weighted by atomic mass is 79.9. The molecule has 1 saturated heterocycles. The zero-order chi connectivity index (χ0) is 21.2. The molecule has 5 nitrogen and oxygen atoms in total. The maximum atomic E-state index is 11.0. The fraction of sp³-hybridized carbons (Fsp3) is 0.320. The van der Waals surface area contributed by atoms with Crippen LogP contribution in [-0.2, 0) is 13.1 Å². The Morgan fingerprint density at radius 1 is 0.839 bits per heavy atom. The van der Waals surface area contributed by atoms with Gasteiger partial charge >= 0.3 is 0 Å². The van der Waals surface area contributed by atoms with Gasteiger partial charge in [0.1, 0.15) is 0 Å². The van der Waals surface area contributed by atoms with Crippen LogP contribution in [0, 0.1) is 0 Å². The molecular weight excluding hydrogens is 452 g/mol. The Kier molecular flexibility index (Phi) is 6.05. The van der Waals surface area contributed by atoms with E-state index in [1.165, 1.54) is 21.8 Å². The highest BCUT2D eigenvalue weighted by Crippen LogP contribution is 2.31. The van der Waals surface area contributed by atoms with E-state index in [1.54, 1.807) is 0 Å². The number of rotatable bonds is 6. The summed E-state index contributed by atoms with van der Waals surface area (Å²) in [6, 6.07) is 20.9. The van der Waals surface area contributed by atoms with Gasteiger partial charge in [-0.05, 0) is 36.4 Å². The topological polar surface area (TPSA) is 44.5 Å². The van der Waals surface area contributed by atoms with Gasteiger partial charge in [-0.3, -0.25) is 14.8 Å². The predicted molar refractivity (Wildman–Crippen MR) is 129 cm³/mol. The molecule has 0 saturated carbocycles. The number of aromatic nitrogens is 2. The predicted octanol–water partition coefficient (Wildman–Crippen LogP) is 4.13. The summed E-state index contributed by atoms with van der Waals surface area (Å²) in [6.07, 6.45) is 1.44. The van der Waals surface area contributed by atoms with Crippen molar-refractivity contribution in [2.45, 2.75) is 19.2 Å². The average molecular weight is 479 g/mol. The number of pyridine rings is 1. The monoisotopic (exact) mass is 478 g/mol. The number of β-amino-alcohol motifs (C(OH)–C–C–N with tert-alkyl or cyclic N) is 1. The first-order valence-corrected chi connectivity index (χ1v) is 11.7. The lowest BCUT2D eigenvalue weighted by molar-refractivity contribution is 0.0630. The maximum absolute atomic E-state index is 11.0. The number of aliphatic hydroxyl groups is 1. The Balaban J connectivity index is 1.24. The van der Waals surface area contributed by atoms with E-state index in [4.69, 9.17) is 0 Å². The minimum Gasteiger partial charge on any atom is -0.390 e. The number of hydrogen-bond acceptors (Lipinski definition) is 4. The molecule has 6 heteroatoms. The van der Waals surface area contributed by atoms with Crippen LogP contribution in [0.4, 0.5) is 0 Å². The van der Waals surface area contributed by atoms with Gasteiger partial charge in [-0.2, -0.15) is 0 Å². The number of hydrogen-bond donors (Lipinski definition) is 1. The lowest BCUT2D eigenvalue weighted by Gasteiger charge is -2.35. The SMILES string of the molecule is OC(CN1CCN(Cc2ccccn2)CC1)Cn1c2ccccc2c2cc(Br)ccc21. The third-order valence-corrected chi connectivity index (χ3v) is 6.67. The molecule has 160 valence electrons. The van der Waals surface area contributed by atoms with Gasteiger partial charge < -0.3 is 9.67 Å². The standard InChI is InChI=1S/C25H27BrN4O/c26-19-8-9-25-23(15-19)22-6-1-2-7-24(22)30(25)18-21(31)17-29-13-11-28(12-14-29)16-20-5-3-4-10-27-20/h1-10,15,21,31H,11-14,16-18H2. The molecule has 2 aromatic heterocycles. The van der Waals surface area contributed by atoms with E-state index >= 15 is 0 Å². The van der Waals surface area contributed by atoms with Gasteiger partial charge in [0.2, 0.25) is 0 Å². The summed E-state index contributed by atoms with van der Waals surface area (Å²) in [5.41, 5.74) is 3.47. The molecule has 5 rings (SSSR count). The number of nitrogens with zero attached hydrogens (tertiary/aromatic N) is 4. The van der Waals surface area contributed by atoms with Crippen molar-refractivity contribution in [3.05, 3.63) is 77.0 Å². The summed E-state index contributed by atoms with van der Waals surface area (Å²) in [7, 11) is 0. The molecule has 0 aliphatic carbocycles. The molecule has 0 spiro atoms. The zero-order valence-electron chi connectivity index (χ0n) is 17.5. The fourth-order valence-electron chi connectivity index (χ4n) is 4.64. The largest absolute Gasteiger partial charge is 0.390 e. The van der Waals surface area contributed by atoms with Crippen molar-refractivity contribution < 1.29 is 5.11 Å². The van der Waals surface area contributed by atoms with Crippen LogP contribution in [-0.4, -0.2) is 63.3 Å². The van der Waals surface area contributed by atoms with Crippen LogP contribution in [0.25, 0.3) is 21.8 Å². The van der Waals surface area contributed by atoms with Crippen LogP contribution in [0.2, 0.25) is 0 Å². The van der Waals surface area contributed by atoms with Crippen LogP contribution in [0.15, 0.2) is 71.3 Å². The molecule has 1 N–H and O–H groups in total. The van der Waals surface area contributed by atoms with Crippen molar-refractivity contribution in [3.63, 3.8) is 0 Å². The second-order valence-electron chi connectivity index (χ2n) is 8.34. The molecule has 1 atom stereocenters. The Bertz CT molecular complexity index is 1170. The van der Waals surface area contributed by atoms with Crippen LogP contribution in [0.5, 0.6) is 0 Å². The molecular formula is C25H27BrN4O. The molecule has 4 aromatic rings. The smallest absolute Gasteiger partial charge is 0.0845 e. The summed E-state index contributed by atoms with van der Waals surface area (Å²) < 4.78 is 3.34. The Labute approximate surface area is 191 Å². The van der Waals surface area contributed by atoms with E-state index < -0.39 is 6.10 Å². The van der Waals surface area contributed by atoms with Crippen molar-refractivity contribution in [2.75, 3.05) is 32.7 Å². The zero-order valence-corrected chi connectivity index (χ0v) is 19.1. The number of benzene rings is 2. The van der Waals surface area contributed by atoms with E-state index in [0.29, 0.717) is 13.1 Å². The van der Waals surface area contributed by atoms with Crippen molar-refractivity contribution in [1.82, 2.24) is 19.4 Å². The Morgan fingerprint density at radius 3 is 2.39 bits per heavy atom. The van der Waals surface area contributed by atoms with Crippen molar-refractivity contribution in [1.29, 1.82) is 0 Å². The second-order valence-corrected chi connectivity index (χ2v) is 9.26. The molecule has 31 heavy (non-hydrogen) atoms. The van der Waals surface area contributed by atoms with Gasteiger partial charge in [-0.25, -0.2) is 0 Å². The first-order valence-electron chi connectivity index (χ1n) is 10.9. The van der Waals surface area contributed by atoms with E-state index in [2.05, 4.69) is 83.8 Å². The summed E-state index contributed by atoms with van der Waals surface area (Å²) in [6.45, 7) is 6.16. The van der Waals surface area contributed by atoms with E-state index in [-0.39, 0.29) is 0 Å². The molecule has 0 amide bonds. The van der Waals surface area contributed by atoms with Gasteiger partial charge in [0.05, 0.1) is 18.3 Å². The minimum absolute atomic E-state index is 0.412. The third kappa shape index (κ3) is 4.53. The molecule has 1 aliphatic rings. The number of piperazine rings is 1. The van der Waals surface area contributed by atoms with Crippen LogP contribution >= 0.6 is 15.9 Å². The summed E-state index contributed by atoms with van der Waals surface area (Å²) >= 11 is 3.60. The molecule has 1 aliphatic heterocycles. The number of para-hydroxylation sites is 1. The maximum Gasteiger partial charge on any atom is 0.0845 e. The minimum atomic E-state index is -0.412. The number of aliphatic hydroxyl groups excluding tert-OH is 1. The second kappa shape index (κ2) is 9.09.